The van der Waals surface area contributed by atoms with E-state index in [-0.39, 0.29) is 20.8 Å². The molecule has 0 saturated heterocycles. The van der Waals surface area contributed by atoms with Crippen LogP contribution in [0, 0.1) is 17.1 Å². The lowest BCUT2D eigenvalue weighted by Crippen LogP contribution is -2.16. The molecule has 1 aromatic heterocycles. The van der Waals surface area contributed by atoms with Crippen LogP contribution in [0.3, 0.4) is 0 Å². The first-order chi connectivity index (χ1) is 10.8. The molecule has 0 aliphatic heterocycles. The molecule has 0 bridgehead atoms. The minimum Gasteiger partial charge on any atom is -0.481 e. The highest BCUT2D eigenvalue weighted by molar-refractivity contribution is 9.10. The van der Waals surface area contributed by atoms with E-state index in [1.54, 1.807) is 0 Å². The molecule has 0 aliphatic rings. The summed E-state index contributed by atoms with van der Waals surface area (Å²) in [6.07, 6.45) is -0.719. The molecule has 6 nitrogen and oxygen atoms in total. The Bertz CT molecular complexity index is 892. The Morgan fingerprint density at radius 3 is 2.78 bits per heavy atom. The molecule has 0 atom stereocenters. The van der Waals surface area contributed by atoms with E-state index in [1.165, 1.54) is 18.2 Å². The molecule has 0 fully saturated rings. The molecule has 2 N–H and O–H groups in total. The molecule has 0 spiro atoms. The number of halogens is 3. The van der Waals surface area contributed by atoms with Crippen molar-refractivity contribution in [3.05, 3.63) is 55.1 Å². The number of nitrogens with zero attached hydrogens (tertiary/aromatic N) is 1. The smallest absolute Gasteiger partial charge is 0.309 e. The fourth-order valence-electron chi connectivity index (χ4n) is 1.75. The Labute approximate surface area is 142 Å². The molecule has 1 aromatic carbocycles. The minimum atomic E-state index is -1.32. The zero-order valence-corrected chi connectivity index (χ0v) is 13.5. The number of ether oxygens (including phenoxy) is 1. The summed E-state index contributed by atoms with van der Waals surface area (Å²) >= 11 is 8.71. The van der Waals surface area contributed by atoms with Gasteiger partial charge in [0.2, 0.25) is 0 Å². The van der Waals surface area contributed by atoms with Crippen molar-refractivity contribution in [3.8, 4) is 17.6 Å². The fourth-order valence-corrected chi connectivity index (χ4v) is 2.33. The Kier molecular flexibility index (Phi) is 5.03. The highest BCUT2D eigenvalue weighted by Crippen LogP contribution is 2.32. The van der Waals surface area contributed by atoms with Crippen molar-refractivity contribution in [2.45, 2.75) is 6.42 Å². The molecule has 0 saturated carbocycles. The van der Waals surface area contributed by atoms with Gasteiger partial charge < -0.3 is 14.8 Å². The third-order valence-corrected chi connectivity index (χ3v) is 3.61. The van der Waals surface area contributed by atoms with E-state index in [0.29, 0.717) is 0 Å². The van der Waals surface area contributed by atoms with E-state index in [2.05, 4.69) is 20.9 Å². The first kappa shape index (κ1) is 17.0. The summed E-state index contributed by atoms with van der Waals surface area (Å²) in [5.74, 6) is -2.81. The van der Waals surface area contributed by atoms with Crippen molar-refractivity contribution >= 4 is 33.5 Å². The Balaban J connectivity index is 2.53. The Morgan fingerprint density at radius 2 is 2.17 bits per heavy atom. The van der Waals surface area contributed by atoms with Gasteiger partial charge in [-0.1, -0.05) is 11.6 Å². The molecule has 0 aliphatic carbocycles. The third kappa shape index (κ3) is 3.88. The van der Waals surface area contributed by atoms with Gasteiger partial charge in [0.15, 0.2) is 11.6 Å². The first-order valence-corrected chi connectivity index (χ1v) is 7.19. The van der Waals surface area contributed by atoms with Crippen molar-refractivity contribution in [1.82, 2.24) is 4.98 Å². The molecule has 1 heterocycles. The van der Waals surface area contributed by atoms with Gasteiger partial charge in [-0.25, -0.2) is 4.39 Å². The molecular formula is C14H7BrClFN2O4. The van der Waals surface area contributed by atoms with Gasteiger partial charge in [0.25, 0.3) is 5.56 Å². The molecule has 23 heavy (non-hydrogen) atoms. The van der Waals surface area contributed by atoms with Gasteiger partial charge in [-0.3, -0.25) is 9.59 Å². The Hall–Kier alpha value is -2.37. The lowest BCUT2D eigenvalue weighted by atomic mass is 10.2. The molecule has 2 rings (SSSR count). The van der Waals surface area contributed by atoms with Crippen molar-refractivity contribution in [1.29, 1.82) is 5.26 Å². The van der Waals surface area contributed by atoms with Crippen LogP contribution >= 0.6 is 27.5 Å². The van der Waals surface area contributed by atoms with Gasteiger partial charge in [-0.2, -0.15) is 5.26 Å². The molecule has 0 radical (unpaired) electrons. The summed E-state index contributed by atoms with van der Waals surface area (Å²) in [6, 6.07) is 5.87. The van der Waals surface area contributed by atoms with Crippen LogP contribution in [0.15, 0.2) is 27.5 Å². The molecule has 9 heteroatoms. The average Bonchev–Trinajstić information content (AvgIpc) is 2.48. The van der Waals surface area contributed by atoms with E-state index in [9.17, 15) is 14.0 Å². The van der Waals surface area contributed by atoms with Crippen LogP contribution in [0.4, 0.5) is 4.39 Å². The van der Waals surface area contributed by atoms with Gasteiger partial charge in [0.05, 0.1) is 23.7 Å². The number of nitriles is 1. The third-order valence-electron chi connectivity index (χ3n) is 2.68. The summed E-state index contributed by atoms with van der Waals surface area (Å²) < 4.78 is 19.4. The number of carboxylic acid groups (broad SMARTS) is 1. The number of H-pyrrole nitrogens is 1. The van der Waals surface area contributed by atoms with Crippen molar-refractivity contribution in [3.63, 3.8) is 0 Å². The number of pyridine rings is 1. The number of hydrogen-bond donors (Lipinski definition) is 2. The monoisotopic (exact) mass is 400 g/mol. The quantitative estimate of drug-likeness (QED) is 0.819. The number of hydrogen-bond acceptors (Lipinski definition) is 4. The normalized spacial score (nSPS) is 10.2. The second kappa shape index (κ2) is 6.81. The van der Waals surface area contributed by atoms with Crippen LogP contribution < -0.4 is 10.3 Å². The van der Waals surface area contributed by atoms with Crippen molar-refractivity contribution < 1.29 is 19.0 Å². The van der Waals surface area contributed by atoms with Gasteiger partial charge in [0, 0.05) is 5.02 Å². The molecule has 0 unspecified atom stereocenters. The second-order valence-corrected chi connectivity index (χ2v) is 5.58. The largest absolute Gasteiger partial charge is 0.481 e. The molecule has 2 aromatic rings. The molecular weight excluding hydrogens is 395 g/mol. The van der Waals surface area contributed by atoms with E-state index >= 15 is 0 Å². The van der Waals surface area contributed by atoms with Crippen LogP contribution in [0.25, 0.3) is 0 Å². The minimum absolute atomic E-state index is 0.0283. The summed E-state index contributed by atoms with van der Waals surface area (Å²) in [4.78, 5) is 24.6. The van der Waals surface area contributed by atoms with Crippen LogP contribution in [-0.2, 0) is 11.2 Å². The predicted molar refractivity (Wildman–Crippen MR) is 82.3 cm³/mol. The first-order valence-electron chi connectivity index (χ1n) is 6.02. The van der Waals surface area contributed by atoms with Crippen molar-refractivity contribution in [2.75, 3.05) is 0 Å². The van der Waals surface area contributed by atoms with Crippen LogP contribution in [0.2, 0.25) is 5.02 Å². The highest BCUT2D eigenvalue weighted by Gasteiger charge is 2.20. The van der Waals surface area contributed by atoms with Crippen LogP contribution in [0.1, 0.15) is 11.3 Å². The Morgan fingerprint density at radius 1 is 1.48 bits per heavy atom. The summed E-state index contributed by atoms with van der Waals surface area (Å²) in [5, 5.41) is 17.8. The molecule has 0 amide bonds. The summed E-state index contributed by atoms with van der Waals surface area (Å²) in [6.45, 7) is 0. The van der Waals surface area contributed by atoms with Gasteiger partial charge in [-0.15, -0.1) is 0 Å². The van der Waals surface area contributed by atoms with Gasteiger partial charge in [0.1, 0.15) is 10.2 Å². The molecule has 118 valence electrons. The second-order valence-electron chi connectivity index (χ2n) is 4.35. The van der Waals surface area contributed by atoms with E-state index < -0.39 is 35.2 Å². The summed E-state index contributed by atoms with van der Waals surface area (Å²) in [7, 11) is 0. The average molecular weight is 402 g/mol. The zero-order chi connectivity index (χ0) is 17.1. The van der Waals surface area contributed by atoms with Gasteiger partial charge in [-0.05, 0) is 34.1 Å². The van der Waals surface area contributed by atoms with Gasteiger partial charge >= 0.3 is 5.97 Å². The van der Waals surface area contributed by atoms with E-state index in [4.69, 9.17) is 26.7 Å². The lowest BCUT2D eigenvalue weighted by Gasteiger charge is -2.11. The summed E-state index contributed by atoms with van der Waals surface area (Å²) in [5.41, 5.74) is -0.997. The van der Waals surface area contributed by atoms with E-state index in [1.807, 2.05) is 6.07 Å². The SMILES string of the molecule is N#Cc1cc(Cl)cc(Oc2c(F)c(CC(=O)O)[nH]c(=O)c2Br)c1. The van der Waals surface area contributed by atoms with Crippen molar-refractivity contribution in [2.24, 2.45) is 0 Å². The van der Waals surface area contributed by atoms with Crippen LogP contribution in [0.5, 0.6) is 11.5 Å². The highest BCUT2D eigenvalue weighted by atomic mass is 79.9. The predicted octanol–water partition coefficient (Wildman–Crippen LogP) is 3.22. The maximum atomic E-state index is 14.4. The number of aromatic amines is 1. The maximum absolute atomic E-state index is 14.4. The topological polar surface area (TPSA) is 103 Å². The number of aromatic nitrogens is 1. The number of nitrogens with one attached hydrogen (secondary N) is 1. The lowest BCUT2D eigenvalue weighted by molar-refractivity contribution is -0.136. The number of carbonyl (C=O) groups is 1. The zero-order valence-electron chi connectivity index (χ0n) is 11.2. The fraction of sp³-hybridized carbons (Fsp3) is 0.0714. The van der Waals surface area contributed by atoms with Crippen LogP contribution in [-0.4, -0.2) is 16.1 Å². The number of rotatable bonds is 4. The number of carboxylic acids is 1. The number of aliphatic carboxylic acids is 1. The standard InChI is InChI=1S/C14H7BrClFN2O4/c15-11-13(12(17)9(4-10(20)21)19-14(11)22)23-8-2-6(5-18)1-7(16)3-8/h1-3H,4H2,(H,19,22)(H,20,21). The number of benzene rings is 1. The van der Waals surface area contributed by atoms with E-state index in [0.717, 1.165) is 0 Å². The maximum Gasteiger partial charge on any atom is 0.309 e.